The van der Waals surface area contributed by atoms with Crippen molar-refractivity contribution in [3.05, 3.63) is 71.4 Å². The maximum Gasteiger partial charge on any atom is 0.416 e. The van der Waals surface area contributed by atoms with Gasteiger partial charge in [-0.1, -0.05) is 17.3 Å². The van der Waals surface area contributed by atoms with Gasteiger partial charge in [0, 0.05) is 30.3 Å². The molecule has 0 spiro atoms. The van der Waals surface area contributed by atoms with E-state index >= 15 is 0 Å². The van der Waals surface area contributed by atoms with E-state index in [1.54, 1.807) is 0 Å². The number of hydrogen-bond donors (Lipinski definition) is 1. The van der Waals surface area contributed by atoms with E-state index in [9.17, 15) is 22.4 Å². The van der Waals surface area contributed by atoms with Gasteiger partial charge in [0.1, 0.15) is 5.82 Å². The molecule has 0 bridgehead atoms. The van der Waals surface area contributed by atoms with E-state index in [2.05, 4.69) is 20.4 Å². The van der Waals surface area contributed by atoms with Crippen LogP contribution in [0.1, 0.15) is 34.7 Å². The van der Waals surface area contributed by atoms with Gasteiger partial charge in [-0.15, -0.1) is 0 Å². The Hall–Kier alpha value is -3.27. The van der Waals surface area contributed by atoms with Gasteiger partial charge in [0.25, 0.3) is 5.91 Å². The first kappa shape index (κ1) is 21.9. The molecule has 1 saturated heterocycles. The molecule has 0 saturated carbocycles. The Kier molecular flexibility index (Phi) is 6.22. The molecular weight excluding hydrogens is 428 g/mol. The normalized spacial score (nSPS) is 15.6. The number of nitrogens with zero attached hydrogens (tertiary/aromatic N) is 3. The molecule has 4 rings (SSSR count). The van der Waals surface area contributed by atoms with Crippen molar-refractivity contribution in [1.82, 2.24) is 20.4 Å². The third kappa shape index (κ3) is 5.31. The SMILES string of the molecule is O=C(NC1CCN(Cc2nc(-c3ccc(C(F)(F)F)cc3)no2)CC1)c1ccc(F)cc1. The van der Waals surface area contributed by atoms with E-state index in [1.807, 2.05) is 0 Å². The van der Waals surface area contributed by atoms with Crippen LogP contribution in [0.3, 0.4) is 0 Å². The van der Waals surface area contributed by atoms with Gasteiger partial charge in [0.2, 0.25) is 11.7 Å². The lowest BCUT2D eigenvalue weighted by Crippen LogP contribution is -2.44. The first-order chi connectivity index (χ1) is 15.3. The van der Waals surface area contributed by atoms with Crippen molar-refractivity contribution >= 4 is 5.91 Å². The second-order valence-corrected chi connectivity index (χ2v) is 7.62. The molecule has 1 aliphatic rings. The number of carbonyl (C=O) groups is 1. The standard InChI is InChI=1S/C22H20F4N4O2/c23-17-7-3-15(4-8-17)21(31)27-18-9-11-30(12-10-18)13-19-28-20(29-32-19)14-1-5-16(6-2-14)22(24,25)26/h1-8,18H,9-13H2,(H,27,31). The topological polar surface area (TPSA) is 71.3 Å². The highest BCUT2D eigenvalue weighted by Crippen LogP contribution is 2.30. The summed E-state index contributed by atoms with van der Waals surface area (Å²) in [5.74, 6) is -0.0252. The zero-order valence-electron chi connectivity index (χ0n) is 16.9. The molecule has 1 aromatic heterocycles. The fourth-order valence-corrected chi connectivity index (χ4v) is 3.54. The number of rotatable bonds is 5. The Morgan fingerprint density at radius 3 is 2.34 bits per heavy atom. The van der Waals surface area contributed by atoms with Crippen LogP contribution in [0.25, 0.3) is 11.4 Å². The van der Waals surface area contributed by atoms with Crippen molar-refractivity contribution in [2.75, 3.05) is 13.1 Å². The summed E-state index contributed by atoms with van der Waals surface area (Å²) >= 11 is 0. The Labute approximate surface area is 181 Å². The molecule has 0 atom stereocenters. The van der Waals surface area contributed by atoms with Gasteiger partial charge in [-0.3, -0.25) is 9.69 Å². The van der Waals surface area contributed by atoms with Crippen LogP contribution in [0, 0.1) is 5.82 Å². The molecular formula is C22H20F4N4O2. The maximum atomic E-state index is 13.0. The lowest BCUT2D eigenvalue weighted by Gasteiger charge is -2.31. The number of alkyl halides is 3. The Morgan fingerprint density at radius 2 is 1.72 bits per heavy atom. The smallest absolute Gasteiger partial charge is 0.349 e. The minimum absolute atomic E-state index is 0.00852. The Balaban J connectivity index is 1.28. The number of carbonyl (C=O) groups excluding carboxylic acids is 1. The van der Waals surface area contributed by atoms with Gasteiger partial charge in [-0.05, 0) is 49.2 Å². The van der Waals surface area contributed by atoms with Gasteiger partial charge in [-0.2, -0.15) is 18.2 Å². The molecule has 6 nitrogen and oxygen atoms in total. The molecule has 1 N–H and O–H groups in total. The monoisotopic (exact) mass is 448 g/mol. The summed E-state index contributed by atoms with van der Waals surface area (Å²) in [5, 5.41) is 6.82. The minimum atomic E-state index is -4.40. The second kappa shape index (κ2) is 9.07. The Morgan fingerprint density at radius 1 is 1.06 bits per heavy atom. The van der Waals surface area contributed by atoms with Crippen LogP contribution in [0.5, 0.6) is 0 Å². The van der Waals surface area contributed by atoms with E-state index in [4.69, 9.17) is 4.52 Å². The fourth-order valence-electron chi connectivity index (χ4n) is 3.54. The van der Waals surface area contributed by atoms with Crippen molar-refractivity contribution in [1.29, 1.82) is 0 Å². The van der Waals surface area contributed by atoms with Crippen LogP contribution in [-0.4, -0.2) is 40.1 Å². The van der Waals surface area contributed by atoms with Gasteiger partial charge in [0.15, 0.2) is 0 Å². The molecule has 3 aromatic rings. The summed E-state index contributed by atoms with van der Waals surface area (Å²) in [6.07, 6.45) is -2.94. The highest BCUT2D eigenvalue weighted by Gasteiger charge is 2.30. The van der Waals surface area contributed by atoms with Crippen LogP contribution in [-0.2, 0) is 12.7 Å². The molecule has 2 heterocycles. The third-order valence-corrected chi connectivity index (χ3v) is 5.33. The van der Waals surface area contributed by atoms with Crippen molar-refractivity contribution in [3.63, 3.8) is 0 Å². The largest absolute Gasteiger partial charge is 0.416 e. The van der Waals surface area contributed by atoms with Gasteiger partial charge >= 0.3 is 6.18 Å². The van der Waals surface area contributed by atoms with E-state index in [1.165, 1.54) is 36.4 Å². The molecule has 32 heavy (non-hydrogen) atoms. The summed E-state index contributed by atoms with van der Waals surface area (Å²) in [4.78, 5) is 18.6. The summed E-state index contributed by atoms with van der Waals surface area (Å²) in [6, 6.07) is 10.00. The number of nitrogens with one attached hydrogen (secondary N) is 1. The average Bonchev–Trinajstić information content (AvgIpc) is 3.23. The predicted octanol–water partition coefficient (Wildman–Crippen LogP) is 4.29. The number of hydrogen-bond acceptors (Lipinski definition) is 5. The van der Waals surface area contributed by atoms with Crippen LogP contribution in [0.2, 0.25) is 0 Å². The minimum Gasteiger partial charge on any atom is -0.349 e. The van der Waals surface area contributed by atoms with Gasteiger partial charge in [-0.25, -0.2) is 4.39 Å². The fraction of sp³-hybridized carbons (Fsp3) is 0.318. The summed E-state index contributed by atoms with van der Waals surface area (Å²) in [7, 11) is 0. The van der Waals surface area contributed by atoms with Crippen molar-refractivity contribution in [2.45, 2.75) is 31.6 Å². The molecule has 168 valence electrons. The highest BCUT2D eigenvalue weighted by atomic mass is 19.4. The van der Waals surface area contributed by atoms with Gasteiger partial charge in [0.05, 0.1) is 12.1 Å². The first-order valence-electron chi connectivity index (χ1n) is 10.1. The van der Waals surface area contributed by atoms with E-state index in [0.29, 0.717) is 36.7 Å². The maximum absolute atomic E-state index is 13.0. The Bertz CT molecular complexity index is 1060. The summed E-state index contributed by atoms with van der Waals surface area (Å²) in [6.45, 7) is 1.81. The van der Waals surface area contributed by atoms with Crippen LogP contribution >= 0.6 is 0 Å². The first-order valence-corrected chi connectivity index (χ1v) is 10.1. The van der Waals surface area contributed by atoms with Crippen molar-refractivity contribution < 1.29 is 26.9 Å². The lowest BCUT2D eigenvalue weighted by atomic mass is 10.0. The number of piperidine rings is 1. The molecule has 1 amide bonds. The zero-order chi connectivity index (χ0) is 22.7. The number of benzene rings is 2. The van der Waals surface area contributed by atoms with Crippen LogP contribution in [0.4, 0.5) is 17.6 Å². The number of likely N-dealkylation sites (tertiary alicyclic amines) is 1. The van der Waals surface area contributed by atoms with E-state index < -0.39 is 17.6 Å². The quantitative estimate of drug-likeness (QED) is 0.590. The number of aromatic nitrogens is 2. The number of amides is 1. The average molecular weight is 448 g/mol. The lowest BCUT2D eigenvalue weighted by molar-refractivity contribution is -0.137. The van der Waals surface area contributed by atoms with E-state index in [0.717, 1.165) is 25.0 Å². The third-order valence-electron chi connectivity index (χ3n) is 5.33. The van der Waals surface area contributed by atoms with Crippen molar-refractivity contribution in [3.8, 4) is 11.4 Å². The molecule has 1 aliphatic heterocycles. The highest BCUT2D eigenvalue weighted by molar-refractivity contribution is 5.94. The summed E-state index contributed by atoms with van der Waals surface area (Å²) < 4.78 is 56.3. The molecule has 0 aliphatic carbocycles. The van der Waals surface area contributed by atoms with Crippen LogP contribution < -0.4 is 5.32 Å². The van der Waals surface area contributed by atoms with E-state index in [-0.39, 0.29) is 17.8 Å². The molecule has 0 radical (unpaired) electrons. The van der Waals surface area contributed by atoms with Crippen molar-refractivity contribution in [2.24, 2.45) is 0 Å². The zero-order valence-corrected chi connectivity index (χ0v) is 16.9. The number of halogens is 4. The summed E-state index contributed by atoms with van der Waals surface area (Å²) in [5.41, 5.74) is 0.116. The predicted molar refractivity (Wildman–Crippen MR) is 107 cm³/mol. The molecule has 0 unspecified atom stereocenters. The molecule has 1 fully saturated rings. The van der Waals surface area contributed by atoms with Crippen LogP contribution in [0.15, 0.2) is 53.1 Å². The molecule has 10 heteroatoms. The van der Waals surface area contributed by atoms with Gasteiger partial charge < -0.3 is 9.84 Å². The molecule has 2 aromatic carbocycles. The second-order valence-electron chi connectivity index (χ2n) is 7.62.